The van der Waals surface area contributed by atoms with Crippen molar-refractivity contribution in [1.29, 1.82) is 0 Å². The van der Waals surface area contributed by atoms with Crippen LogP contribution in [0, 0.1) is 0 Å². The minimum atomic E-state index is -1.29. The molecule has 0 spiro atoms. The molecule has 138 valence electrons. The van der Waals surface area contributed by atoms with E-state index in [0.717, 1.165) is 5.56 Å². The van der Waals surface area contributed by atoms with Gasteiger partial charge in [-0.2, -0.15) is 0 Å². The minimum Gasteiger partial charge on any atom is -0.506 e. The van der Waals surface area contributed by atoms with Crippen molar-refractivity contribution in [3.05, 3.63) is 63.0 Å². The molecule has 0 atom stereocenters. The van der Waals surface area contributed by atoms with E-state index in [0.29, 0.717) is 0 Å². The molecule has 3 rings (SSSR count). The van der Waals surface area contributed by atoms with Crippen molar-refractivity contribution in [2.45, 2.75) is 6.54 Å². The monoisotopic (exact) mass is 388 g/mol. The zero-order valence-electron chi connectivity index (χ0n) is 13.7. The maximum absolute atomic E-state index is 12.9. The lowest BCUT2D eigenvalue weighted by Gasteiger charge is -2.14. The molecular formula is C17H13ClN4O5. The van der Waals surface area contributed by atoms with E-state index in [1.54, 1.807) is 24.3 Å². The largest absolute Gasteiger partial charge is 0.506 e. The number of halogens is 1. The maximum atomic E-state index is 12.9. The average Bonchev–Trinajstić information content (AvgIpc) is 2.64. The van der Waals surface area contributed by atoms with Gasteiger partial charge in [-0.15, -0.1) is 10.2 Å². The topological polar surface area (TPSA) is 134 Å². The van der Waals surface area contributed by atoms with Crippen LogP contribution in [0.4, 0.5) is 0 Å². The Morgan fingerprint density at radius 3 is 2.56 bits per heavy atom. The Bertz CT molecular complexity index is 1100. The molecule has 3 N–H and O–H groups in total. The zero-order valence-corrected chi connectivity index (χ0v) is 14.5. The first kappa shape index (κ1) is 18.3. The number of hydrogen-bond acceptors (Lipinski definition) is 6. The van der Waals surface area contributed by atoms with Gasteiger partial charge < -0.3 is 15.5 Å². The quantitative estimate of drug-likeness (QED) is 0.593. The fraction of sp³-hybridized carbons (Fsp3) is 0.118. The van der Waals surface area contributed by atoms with Gasteiger partial charge in [0.05, 0.1) is 11.9 Å². The third kappa shape index (κ3) is 3.72. The summed E-state index contributed by atoms with van der Waals surface area (Å²) < 4.78 is 1.17. The number of pyridine rings is 1. The first-order valence-electron chi connectivity index (χ1n) is 7.71. The molecule has 0 aliphatic heterocycles. The summed E-state index contributed by atoms with van der Waals surface area (Å²) in [6.45, 7) is -0.643. The first-order chi connectivity index (χ1) is 12.9. The van der Waals surface area contributed by atoms with E-state index in [4.69, 9.17) is 16.7 Å². The Morgan fingerprint density at radius 2 is 1.89 bits per heavy atom. The van der Waals surface area contributed by atoms with E-state index in [2.05, 4.69) is 15.5 Å². The first-order valence-corrected chi connectivity index (χ1v) is 8.09. The SMILES string of the molecule is O=C(O)CNC(=O)c1c(O)c2cc(Cl)nnc2n(Cc2ccccc2)c1=O. The standard InChI is InChI=1S/C17H13ClN4O5/c18-11-6-10-14(25)13(16(26)19-7-12(23)24)17(27)22(15(10)21-20-11)8-9-4-2-1-3-5-9/h1-6,25H,7-8H2,(H,19,26)(H,23,24). The van der Waals surface area contributed by atoms with Gasteiger partial charge in [0.15, 0.2) is 10.8 Å². The number of aromatic hydroxyl groups is 1. The van der Waals surface area contributed by atoms with Crippen LogP contribution in [-0.2, 0) is 11.3 Å². The molecule has 10 heteroatoms. The summed E-state index contributed by atoms with van der Waals surface area (Å²) in [5, 5.41) is 28.8. The van der Waals surface area contributed by atoms with E-state index >= 15 is 0 Å². The molecule has 0 fully saturated rings. The smallest absolute Gasteiger partial charge is 0.322 e. The van der Waals surface area contributed by atoms with Crippen LogP contribution in [0.25, 0.3) is 11.0 Å². The van der Waals surface area contributed by atoms with Crippen molar-refractivity contribution in [3.8, 4) is 5.75 Å². The molecule has 0 saturated carbocycles. The van der Waals surface area contributed by atoms with Gasteiger partial charge in [0.1, 0.15) is 17.9 Å². The third-order valence-electron chi connectivity index (χ3n) is 3.76. The van der Waals surface area contributed by atoms with Crippen molar-refractivity contribution < 1.29 is 19.8 Å². The fourth-order valence-corrected chi connectivity index (χ4v) is 2.71. The van der Waals surface area contributed by atoms with Crippen molar-refractivity contribution in [1.82, 2.24) is 20.1 Å². The van der Waals surface area contributed by atoms with E-state index in [-0.39, 0.29) is 22.7 Å². The molecule has 27 heavy (non-hydrogen) atoms. The average molecular weight is 389 g/mol. The summed E-state index contributed by atoms with van der Waals surface area (Å²) >= 11 is 5.83. The number of carboxylic acid groups (broad SMARTS) is 1. The predicted octanol–water partition coefficient (Wildman–Crippen LogP) is 1.01. The zero-order chi connectivity index (χ0) is 19.6. The number of nitrogens with zero attached hydrogens (tertiary/aromatic N) is 3. The van der Waals surface area contributed by atoms with Gasteiger partial charge in [-0.1, -0.05) is 41.9 Å². The van der Waals surface area contributed by atoms with Crippen molar-refractivity contribution >= 4 is 34.5 Å². The summed E-state index contributed by atoms with van der Waals surface area (Å²) in [5.74, 6) is -2.95. The Morgan fingerprint density at radius 1 is 1.19 bits per heavy atom. The van der Waals surface area contributed by atoms with Crippen molar-refractivity contribution in [2.75, 3.05) is 6.54 Å². The van der Waals surface area contributed by atoms with Crippen LogP contribution in [0.5, 0.6) is 5.75 Å². The van der Waals surface area contributed by atoms with Gasteiger partial charge >= 0.3 is 5.97 Å². The predicted molar refractivity (Wildman–Crippen MR) is 96.0 cm³/mol. The Balaban J connectivity index is 2.22. The highest BCUT2D eigenvalue weighted by Gasteiger charge is 2.24. The van der Waals surface area contributed by atoms with Crippen LogP contribution in [-0.4, -0.2) is 43.4 Å². The number of aromatic nitrogens is 3. The molecule has 9 nitrogen and oxygen atoms in total. The van der Waals surface area contributed by atoms with Gasteiger partial charge in [0.25, 0.3) is 11.5 Å². The van der Waals surface area contributed by atoms with Crippen LogP contribution in [0.2, 0.25) is 5.15 Å². The van der Waals surface area contributed by atoms with Crippen LogP contribution in [0.15, 0.2) is 41.2 Å². The lowest BCUT2D eigenvalue weighted by Crippen LogP contribution is -2.36. The van der Waals surface area contributed by atoms with Gasteiger partial charge in [0.2, 0.25) is 0 Å². The van der Waals surface area contributed by atoms with Crippen molar-refractivity contribution in [2.24, 2.45) is 0 Å². The summed E-state index contributed by atoms with van der Waals surface area (Å²) in [6.07, 6.45) is 0. The number of benzene rings is 1. The summed E-state index contributed by atoms with van der Waals surface area (Å²) in [5.41, 5.74) is -0.632. The number of hydrogen-bond donors (Lipinski definition) is 3. The number of fused-ring (bicyclic) bond motifs is 1. The number of rotatable bonds is 5. The normalized spacial score (nSPS) is 10.7. The number of aliphatic carboxylic acids is 1. The molecule has 2 heterocycles. The van der Waals surface area contributed by atoms with Crippen LogP contribution in [0.1, 0.15) is 15.9 Å². The Hall–Kier alpha value is -3.46. The van der Waals surface area contributed by atoms with Crippen LogP contribution in [0.3, 0.4) is 0 Å². The molecule has 3 aromatic rings. The highest BCUT2D eigenvalue weighted by molar-refractivity contribution is 6.30. The van der Waals surface area contributed by atoms with E-state index in [1.165, 1.54) is 10.6 Å². The Labute approximate surface area is 156 Å². The molecule has 0 radical (unpaired) electrons. The van der Waals surface area contributed by atoms with Gasteiger partial charge in [-0.25, -0.2) is 0 Å². The second-order valence-corrected chi connectivity index (χ2v) is 5.97. The molecular weight excluding hydrogens is 376 g/mol. The number of amides is 1. The number of carbonyl (C=O) groups excluding carboxylic acids is 1. The lowest BCUT2D eigenvalue weighted by molar-refractivity contribution is -0.135. The number of carboxylic acids is 1. The van der Waals surface area contributed by atoms with Gasteiger partial charge in [0, 0.05) is 0 Å². The molecule has 0 aliphatic rings. The molecule has 0 unspecified atom stereocenters. The Kier molecular flexibility index (Phi) is 5.04. The number of carbonyl (C=O) groups is 2. The summed E-state index contributed by atoms with van der Waals surface area (Å²) in [4.78, 5) is 35.9. The van der Waals surface area contributed by atoms with Crippen LogP contribution < -0.4 is 10.9 Å². The van der Waals surface area contributed by atoms with Gasteiger partial charge in [-0.3, -0.25) is 19.0 Å². The second kappa shape index (κ2) is 7.42. The lowest BCUT2D eigenvalue weighted by atomic mass is 10.1. The maximum Gasteiger partial charge on any atom is 0.322 e. The molecule has 0 aliphatic carbocycles. The van der Waals surface area contributed by atoms with E-state index in [9.17, 15) is 19.5 Å². The van der Waals surface area contributed by atoms with Gasteiger partial charge in [-0.05, 0) is 11.6 Å². The molecule has 0 saturated heterocycles. The molecule has 0 bridgehead atoms. The second-order valence-electron chi connectivity index (χ2n) is 5.58. The molecule has 1 aromatic carbocycles. The third-order valence-corrected chi connectivity index (χ3v) is 3.95. The highest BCUT2D eigenvalue weighted by Crippen LogP contribution is 2.27. The van der Waals surface area contributed by atoms with E-state index in [1.807, 2.05) is 6.07 Å². The highest BCUT2D eigenvalue weighted by atomic mass is 35.5. The minimum absolute atomic E-state index is 0.0420. The summed E-state index contributed by atoms with van der Waals surface area (Å²) in [7, 11) is 0. The molecule has 1 amide bonds. The fourth-order valence-electron chi connectivity index (χ4n) is 2.56. The number of nitrogens with one attached hydrogen (secondary N) is 1. The molecule has 2 aromatic heterocycles. The van der Waals surface area contributed by atoms with Crippen LogP contribution >= 0.6 is 11.6 Å². The van der Waals surface area contributed by atoms with E-state index < -0.39 is 35.3 Å². The summed E-state index contributed by atoms with van der Waals surface area (Å²) in [6, 6.07) is 10.2. The van der Waals surface area contributed by atoms with Crippen molar-refractivity contribution in [3.63, 3.8) is 0 Å².